The van der Waals surface area contributed by atoms with Gasteiger partial charge in [0.2, 0.25) is 5.91 Å². The van der Waals surface area contributed by atoms with E-state index in [9.17, 15) is 10.2 Å². The standard InChI is InChI=1S/C28H57NO4/c1-4-7-8-9-10-11-12-13-14-15-16-17-18-19-20-23-28(29,32-26(5-2)21-24-30)33-27(6-3)22-25-31/h13-14,26-27,30-31H,4-12,15-25,29H2,1-3H3. The first kappa shape index (κ1) is 32.5. The second kappa shape index (κ2) is 23.3. The lowest BCUT2D eigenvalue weighted by molar-refractivity contribution is -0.283. The Morgan fingerprint density at radius 2 is 1.09 bits per heavy atom. The van der Waals surface area contributed by atoms with Gasteiger partial charge in [-0.25, -0.2) is 0 Å². The Hall–Kier alpha value is -0.460. The molecule has 0 aliphatic heterocycles. The molecular formula is C28H57NO4. The zero-order valence-electron chi connectivity index (χ0n) is 22.2. The van der Waals surface area contributed by atoms with E-state index in [1.807, 2.05) is 13.8 Å². The van der Waals surface area contributed by atoms with Crippen molar-refractivity contribution < 1.29 is 19.7 Å². The van der Waals surface area contributed by atoms with Crippen LogP contribution >= 0.6 is 0 Å². The van der Waals surface area contributed by atoms with Crippen LogP contribution in [0, 0.1) is 0 Å². The van der Waals surface area contributed by atoms with Crippen molar-refractivity contribution in [2.24, 2.45) is 5.73 Å². The second-order valence-electron chi connectivity index (χ2n) is 9.47. The first-order chi connectivity index (χ1) is 16.0. The minimum Gasteiger partial charge on any atom is -0.396 e. The molecule has 0 aromatic carbocycles. The summed E-state index contributed by atoms with van der Waals surface area (Å²) in [5.41, 5.74) is 6.55. The van der Waals surface area contributed by atoms with Gasteiger partial charge in [-0.3, -0.25) is 5.73 Å². The highest BCUT2D eigenvalue weighted by atomic mass is 16.7. The van der Waals surface area contributed by atoms with Crippen molar-refractivity contribution in [2.75, 3.05) is 13.2 Å². The summed E-state index contributed by atoms with van der Waals surface area (Å²) in [4.78, 5) is 0. The number of aliphatic hydroxyl groups excluding tert-OH is 2. The van der Waals surface area contributed by atoms with Crippen molar-refractivity contribution in [1.82, 2.24) is 0 Å². The van der Waals surface area contributed by atoms with Crippen LogP contribution in [0.15, 0.2) is 12.2 Å². The highest BCUT2D eigenvalue weighted by Gasteiger charge is 2.32. The van der Waals surface area contributed by atoms with Crippen LogP contribution in [0.2, 0.25) is 0 Å². The molecule has 0 saturated heterocycles. The third kappa shape index (κ3) is 19.5. The van der Waals surface area contributed by atoms with Crippen molar-refractivity contribution in [3.05, 3.63) is 12.2 Å². The smallest absolute Gasteiger partial charge is 0.225 e. The quantitative estimate of drug-likeness (QED) is 0.0759. The molecule has 0 spiro atoms. The lowest BCUT2D eigenvalue weighted by Gasteiger charge is -2.36. The van der Waals surface area contributed by atoms with E-state index in [2.05, 4.69) is 19.1 Å². The Kier molecular flexibility index (Phi) is 23.0. The van der Waals surface area contributed by atoms with E-state index in [0.29, 0.717) is 19.3 Å². The highest BCUT2D eigenvalue weighted by Crippen LogP contribution is 2.24. The van der Waals surface area contributed by atoms with Crippen molar-refractivity contribution >= 4 is 0 Å². The maximum atomic E-state index is 9.29. The predicted molar refractivity (Wildman–Crippen MR) is 140 cm³/mol. The van der Waals surface area contributed by atoms with Gasteiger partial charge in [-0.15, -0.1) is 0 Å². The normalized spacial score (nSPS) is 15.7. The molecule has 0 aliphatic carbocycles. The lowest BCUT2D eigenvalue weighted by atomic mass is 10.1. The Balaban J connectivity index is 4.11. The number of nitrogens with two attached hydrogens (primary N) is 1. The molecule has 0 fully saturated rings. The number of rotatable bonds is 25. The van der Waals surface area contributed by atoms with E-state index in [-0.39, 0.29) is 25.4 Å². The Morgan fingerprint density at radius 1 is 0.667 bits per heavy atom. The number of unbranched alkanes of at least 4 members (excludes halogenated alkanes) is 11. The van der Waals surface area contributed by atoms with Crippen molar-refractivity contribution in [3.8, 4) is 0 Å². The summed E-state index contributed by atoms with van der Waals surface area (Å²) in [6.45, 7) is 6.50. The number of aliphatic hydroxyl groups is 2. The predicted octanol–water partition coefficient (Wildman–Crippen LogP) is 6.99. The molecule has 0 aromatic rings. The maximum absolute atomic E-state index is 9.29. The molecule has 5 nitrogen and oxygen atoms in total. The van der Waals surface area contributed by atoms with Crippen LogP contribution in [0.1, 0.15) is 136 Å². The molecule has 4 N–H and O–H groups in total. The summed E-state index contributed by atoms with van der Waals surface area (Å²) < 4.78 is 12.3. The average Bonchev–Trinajstić information content (AvgIpc) is 2.81. The van der Waals surface area contributed by atoms with E-state index in [0.717, 1.165) is 25.7 Å². The fourth-order valence-electron chi connectivity index (χ4n) is 4.13. The molecule has 2 atom stereocenters. The van der Waals surface area contributed by atoms with E-state index in [1.54, 1.807) is 0 Å². The van der Waals surface area contributed by atoms with E-state index in [1.165, 1.54) is 70.6 Å². The second-order valence-corrected chi connectivity index (χ2v) is 9.47. The lowest BCUT2D eigenvalue weighted by Crippen LogP contribution is -2.50. The van der Waals surface area contributed by atoms with Gasteiger partial charge in [0.05, 0.1) is 12.2 Å². The molecule has 0 rings (SSSR count). The molecule has 5 heteroatoms. The summed E-state index contributed by atoms with van der Waals surface area (Å²) in [6.07, 6.45) is 24.2. The van der Waals surface area contributed by atoms with Crippen molar-refractivity contribution in [2.45, 2.75) is 154 Å². The van der Waals surface area contributed by atoms with Crippen molar-refractivity contribution in [1.29, 1.82) is 0 Å². The van der Waals surface area contributed by atoms with Gasteiger partial charge in [-0.05, 0) is 57.8 Å². The zero-order chi connectivity index (χ0) is 24.6. The third-order valence-corrected chi connectivity index (χ3v) is 6.33. The molecular weight excluding hydrogens is 414 g/mol. The van der Waals surface area contributed by atoms with Gasteiger partial charge in [0.1, 0.15) is 0 Å². The molecule has 0 saturated carbocycles. The van der Waals surface area contributed by atoms with Gasteiger partial charge in [0.25, 0.3) is 0 Å². The van der Waals surface area contributed by atoms with Crippen LogP contribution in [-0.2, 0) is 9.47 Å². The first-order valence-corrected chi connectivity index (χ1v) is 14.1. The fourth-order valence-corrected chi connectivity index (χ4v) is 4.13. The maximum Gasteiger partial charge on any atom is 0.225 e. The molecule has 0 amide bonds. The van der Waals surface area contributed by atoms with Crippen LogP contribution in [0.5, 0.6) is 0 Å². The van der Waals surface area contributed by atoms with E-state index < -0.39 is 5.91 Å². The van der Waals surface area contributed by atoms with Gasteiger partial charge in [0, 0.05) is 19.6 Å². The largest absolute Gasteiger partial charge is 0.396 e. The molecule has 33 heavy (non-hydrogen) atoms. The number of allylic oxidation sites excluding steroid dienone is 2. The molecule has 0 bridgehead atoms. The number of hydrogen-bond acceptors (Lipinski definition) is 5. The minimum absolute atomic E-state index is 0.0792. The summed E-state index contributed by atoms with van der Waals surface area (Å²) in [7, 11) is 0. The summed E-state index contributed by atoms with van der Waals surface area (Å²) in [5, 5.41) is 18.6. The molecule has 2 unspecified atom stereocenters. The van der Waals surface area contributed by atoms with Gasteiger partial charge >= 0.3 is 0 Å². The summed E-state index contributed by atoms with van der Waals surface area (Å²) in [5.74, 6) is -1.15. The molecule has 0 aromatic heterocycles. The molecule has 0 radical (unpaired) electrons. The molecule has 198 valence electrons. The topological polar surface area (TPSA) is 84.9 Å². The van der Waals surface area contributed by atoms with E-state index >= 15 is 0 Å². The third-order valence-electron chi connectivity index (χ3n) is 6.33. The summed E-state index contributed by atoms with van der Waals surface area (Å²) in [6, 6.07) is 0. The van der Waals surface area contributed by atoms with Crippen LogP contribution in [0.3, 0.4) is 0 Å². The number of hydrogen-bond donors (Lipinski definition) is 3. The average molecular weight is 472 g/mol. The SMILES string of the molecule is CCCCCCCCC=CCCCCCCCC(N)(OC(CC)CCO)OC(CC)CCO. The monoisotopic (exact) mass is 471 g/mol. The van der Waals surface area contributed by atoms with Gasteiger partial charge < -0.3 is 19.7 Å². The minimum atomic E-state index is -1.15. The van der Waals surface area contributed by atoms with Crippen LogP contribution in [-0.4, -0.2) is 41.5 Å². The Morgan fingerprint density at radius 3 is 1.52 bits per heavy atom. The van der Waals surface area contributed by atoms with Gasteiger partial charge in [-0.1, -0.05) is 84.3 Å². The highest BCUT2D eigenvalue weighted by molar-refractivity contribution is 4.81. The fraction of sp³-hybridized carbons (Fsp3) is 0.929. The van der Waals surface area contributed by atoms with Gasteiger partial charge in [0.15, 0.2) is 0 Å². The van der Waals surface area contributed by atoms with Crippen molar-refractivity contribution in [3.63, 3.8) is 0 Å². The van der Waals surface area contributed by atoms with Crippen LogP contribution in [0.4, 0.5) is 0 Å². The van der Waals surface area contributed by atoms with E-state index in [4.69, 9.17) is 15.2 Å². The Labute approximate surface area is 205 Å². The zero-order valence-corrected chi connectivity index (χ0v) is 22.2. The number of ether oxygens (including phenoxy) is 2. The van der Waals surface area contributed by atoms with Gasteiger partial charge in [-0.2, -0.15) is 0 Å². The van der Waals surface area contributed by atoms with Crippen LogP contribution in [0.25, 0.3) is 0 Å². The first-order valence-electron chi connectivity index (χ1n) is 14.1. The molecule has 0 aliphatic rings. The Bertz CT molecular complexity index is 414. The molecule has 0 heterocycles. The summed E-state index contributed by atoms with van der Waals surface area (Å²) >= 11 is 0. The van der Waals surface area contributed by atoms with Crippen LogP contribution < -0.4 is 5.73 Å².